The van der Waals surface area contributed by atoms with E-state index < -0.39 is 0 Å². The fourth-order valence-corrected chi connectivity index (χ4v) is 3.27. The largest absolute Gasteiger partial charge is 0.426 e. The van der Waals surface area contributed by atoms with Gasteiger partial charge in [-0.1, -0.05) is 25.0 Å². The van der Waals surface area contributed by atoms with E-state index in [-0.39, 0.29) is 17.9 Å². The van der Waals surface area contributed by atoms with Crippen molar-refractivity contribution in [3.63, 3.8) is 0 Å². The topological polar surface area (TPSA) is 52.6 Å². The Bertz CT molecular complexity index is 621. The molecule has 0 aliphatic heterocycles. The molecule has 0 spiro atoms. The van der Waals surface area contributed by atoms with Crippen LogP contribution in [0.2, 0.25) is 0 Å². The summed E-state index contributed by atoms with van der Waals surface area (Å²) in [6.07, 6.45) is 7.09. The van der Waals surface area contributed by atoms with Crippen molar-refractivity contribution >= 4 is 11.9 Å². The van der Waals surface area contributed by atoms with Crippen LogP contribution in [-0.2, 0) is 16.0 Å². The van der Waals surface area contributed by atoms with Crippen LogP contribution >= 0.6 is 0 Å². The fourth-order valence-electron chi connectivity index (χ4n) is 3.27. The van der Waals surface area contributed by atoms with Gasteiger partial charge in [0.25, 0.3) is 0 Å². The minimum Gasteiger partial charge on any atom is -0.426 e. The highest BCUT2D eigenvalue weighted by atomic mass is 16.5. The third-order valence-electron chi connectivity index (χ3n) is 4.15. The van der Waals surface area contributed by atoms with Gasteiger partial charge in [-0.25, -0.2) is 0 Å². The summed E-state index contributed by atoms with van der Waals surface area (Å²) in [6, 6.07) is 3.82. The second-order valence-corrected chi connectivity index (χ2v) is 6.45. The number of carbonyl (C=O) groups is 2. The Labute approximate surface area is 143 Å². The maximum absolute atomic E-state index is 11.6. The van der Waals surface area contributed by atoms with E-state index in [9.17, 15) is 9.59 Å². The summed E-state index contributed by atoms with van der Waals surface area (Å²) >= 11 is 0. The molecule has 130 valence electrons. The molecule has 0 bridgehead atoms. The van der Waals surface area contributed by atoms with Gasteiger partial charge in [0.05, 0.1) is 0 Å². The first kappa shape index (κ1) is 18.2. The highest BCUT2D eigenvalue weighted by molar-refractivity contribution is 5.73. The molecule has 1 aromatic carbocycles. The zero-order chi connectivity index (χ0) is 17.7. The van der Waals surface area contributed by atoms with Gasteiger partial charge in [0, 0.05) is 25.3 Å². The van der Waals surface area contributed by atoms with Crippen molar-refractivity contribution in [3.05, 3.63) is 34.9 Å². The van der Waals surface area contributed by atoms with E-state index in [0.29, 0.717) is 11.5 Å². The first-order valence-electron chi connectivity index (χ1n) is 8.61. The van der Waals surface area contributed by atoms with E-state index in [0.717, 1.165) is 43.2 Å². The third-order valence-corrected chi connectivity index (χ3v) is 4.15. The fraction of sp³-hybridized carbons (Fsp3) is 0.500. The average Bonchev–Trinajstić information content (AvgIpc) is 2.46. The molecule has 0 saturated carbocycles. The van der Waals surface area contributed by atoms with Crippen molar-refractivity contribution in [3.8, 4) is 11.5 Å². The standard InChI is InChI=1S/C20H26O4/c1-5-7-16-11-18(23-14(3)21)20(19(12-16)24-15(4)22)17-9-6-8-13(2)10-17/h10-12,17H,5-9H2,1-4H3/t17-/m0/s1. The van der Waals surface area contributed by atoms with Crippen molar-refractivity contribution < 1.29 is 19.1 Å². The van der Waals surface area contributed by atoms with Crippen molar-refractivity contribution in [1.29, 1.82) is 0 Å². The number of hydrogen-bond acceptors (Lipinski definition) is 4. The molecule has 1 atom stereocenters. The molecule has 0 radical (unpaired) electrons. The van der Waals surface area contributed by atoms with Crippen molar-refractivity contribution in [2.24, 2.45) is 0 Å². The van der Waals surface area contributed by atoms with Crippen LogP contribution in [0.3, 0.4) is 0 Å². The zero-order valence-corrected chi connectivity index (χ0v) is 15.0. The lowest BCUT2D eigenvalue weighted by Gasteiger charge is -2.24. The van der Waals surface area contributed by atoms with E-state index in [2.05, 4.69) is 19.9 Å². The molecule has 0 heterocycles. The van der Waals surface area contributed by atoms with Crippen LogP contribution in [0, 0.1) is 0 Å². The minimum absolute atomic E-state index is 0.0955. The Kier molecular flexibility index (Phi) is 6.18. The smallest absolute Gasteiger partial charge is 0.308 e. The molecular formula is C20H26O4. The van der Waals surface area contributed by atoms with Crippen LogP contribution in [0.15, 0.2) is 23.8 Å². The van der Waals surface area contributed by atoms with Gasteiger partial charge >= 0.3 is 11.9 Å². The van der Waals surface area contributed by atoms with Gasteiger partial charge in [0.2, 0.25) is 0 Å². The molecule has 0 fully saturated rings. The lowest BCUT2D eigenvalue weighted by molar-refractivity contribution is -0.132. The van der Waals surface area contributed by atoms with Gasteiger partial charge in [-0.15, -0.1) is 0 Å². The Morgan fingerprint density at radius 3 is 2.17 bits per heavy atom. The number of benzene rings is 1. The van der Waals surface area contributed by atoms with Crippen LogP contribution in [-0.4, -0.2) is 11.9 Å². The summed E-state index contributed by atoms with van der Waals surface area (Å²) in [6.45, 7) is 6.97. The molecule has 0 N–H and O–H groups in total. The number of carbonyl (C=O) groups excluding carboxylic acids is 2. The third kappa shape index (κ3) is 4.70. The second-order valence-electron chi connectivity index (χ2n) is 6.45. The molecule has 1 aliphatic carbocycles. The van der Waals surface area contributed by atoms with Gasteiger partial charge in [-0.2, -0.15) is 0 Å². The van der Waals surface area contributed by atoms with Crippen LogP contribution in [0.5, 0.6) is 11.5 Å². The van der Waals surface area contributed by atoms with E-state index in [1.165, 1.54) is 19.4 Å². The van der Waals surface area contributed by atoms with Crippen molar-refractivity contribution in [2.75, 3.05) is 0 Å². The van der Waals surface area contributed by atoms with Gasteiger partial charge in [-0.3, -0.25) is 9.59 Å². The van der Waals surface area contributed by atoms with Crippen LogP contribution in [0.25, 0.3) is 0 Å². The minimum atomic E-state index is -0.366. The molecule has 0 amide bonds. The molecule has 2 rings (SSSR count). The van der Waals surface area contributed by atoms with Gasteiger partial charge in [-0.05, 0) is 50.3 Å². The Morgan fingerprint density at radius 1 is 1.12 bits per heavy atom. The van der Waals surface area contributed by atoms with E-state index in [4.69, 9.17) is 9.47 Å². The number of ether oxygens (including phenoxy) is 2. The highest BCUT2D eigenvalue weighted by Crippen LogP contribution is 2.42. The number of esters is 2. The summed E-state index contributed by atoms with van der Waals surface area (Å²) in [5.74, 6) is 0.393. The van der Waals surface area contributed by atoms with Crippen LogP contribution in [0.1, 0.15) is 70.4 Å². The summed E-state index contributed by atoms with van der Waals surface area (Å²) in [5, 5.41) is 0. The normalized spacial score (nSPS) is 17.2. The maximum Gasteiger partial charge on any atom is 0.308 e. The monoisotopic (exact) mass is 330 g/mol. The van der Waals surface area contributed by atoms with Crippen molar-refractivity contribution in [1.82, 2.24) is 0 Å². The summed E-state index contributed by atoms with van der Waals surface area (Å²) < 4.78 is 11.0. The summed E-state index contributed by atoms with van der Waals surface area (Å²) in [7, 11) is 0. The number of aryl methyl sites for hydroxylation is 1. The molecule has 24 heavy (non-hydrogen) atoms. The van der Waals surface area contributed by atoms with Crippen molar-refractivity contribution in [2.45, 2.75) is 65.7 Å². The molecule has 1 aliphatic rings. The number of allylic oxidation sites excluding steroid dienone is 2. The number of rotatable bonds is 5. The lowest BCUT2D eigenvalue weighted by Crippen LogP contribution is -2.13. The SMILES string of the molecule is CCCc1cc(OC(C)=O)c([C@@H]2C=C(C)CCC2)c(OC(C)=O)c1. The highest BCUT2D eigenvalue weighted by Gasteiger charge is 2.24. The molecular weight excluding hydrogens is 304 g/mol. The van der Waals surface area contributed by atoms with Gasteiger partial charge in [0.1, 0.15) is 11.5 Å². The summed E-state index contributed by atoms with van der Waals surface area (Å²) in [4.78, 5) is 23.1. The van der Waals surface area contributed by atoms with Crippen LogP contribution < -0.4 is 9.47 Å². The quantitative estimate of drug-likeness (QED) is 0.446. The van der Waals surface area contributed by atoms with Crippen LogP contribution in [0.4, 0.5) is 0 Å². The zero-order valence-electron chi connectivity index (χ0n) is 15.0. The maximum atomic E-state index is 11.6. The Hall–Kier alpha value is -2.10. The number of hydrogen-bond donors (Lipinski definition) is 0. The Morgan fingerprint density at radius 2 is 1.71 bits per heavy atom. The predicted molar refractivity (Wildman–Crippen MR) is 93.4 cm³/mol. The van der Waals surface area contributed by atoms with E-state index >= 15 is 0 Å². The molecule has 0 saturated heterocycles. The van der Waals surface area contributed by atoms with E-state index in [1.807, 2.05) is 12.1 Å². The second kappa shape index (κ2) is 8.13. The Balaban J connectivity index is 2.59. The predicted octanol–water partition coefficient (Wildman–Crippen LogP) is 4.70. The summed E-state index contributed by atoms with van der Waals surface area (Å²) in [5.41, 5.74) is 3.12. The van der Waals surface area contributed by atoms with E-state index in [1.54, 1.807) is 0 Å². The molecule has 0 unspecified atom stereocenters. The first-order chi connectivity index (χ1) is 11.4. The lowest BCUT2D eigenvalue weighted by atomic mass is 9.84. The van der Waals surface area contributed by atoms with Gasteiger partial charge < -0.3 is 9.47 Å². The van der Waals surface area contributed by atoms with Gasteiger partial charge in [0.15, 0.2) is 0 Å². The molecule has 4 heteroatoms. The molecule has 4 nitrogen and oxygen atoms in total. The molecule has 0 aromatic heterocycles. The first-order valence-corrected chi connectivity index (χ1v) is 8.61. The molecule has 1 aromatic rings. The average molecular weight is 330 g/mol.